The quantitative estimate of drug-likeness (QED) is 0.348. The van der Waals surface area contributed by atoms with Gasteiger partial charge in [-0.15, -0.1) is 0 Å². The van der Waals surface area contributed by atoms with E-state index in [-0.39, 0.29) is 29.7 Å². The van der Waals surface area contributed by atoms with Crippen molar-refractivity contribution in [3.8, 4) is 11.5 Å². The number of carboxylic acid groups (broad SMARTS) is 2. The molecular weight excluding hydrogens is 502 g/mol. The summed E-state index contributed by atoms with van der Waals surface area (Å²) in [6, 6.07) is 3.20. The Morgan fingerprint density at radius 3 is 2.63 bits per heavy atom. The molecule has 2 aliphatic carbocycles. The maximum absolute atomic E-state index is 12.7. The maximum atomic E-state index is 12.7. The Hall–Kier alpha value is -3.64. The van der Waals surface area contributed by atoms with Crippen LogP contribution < -0.4 is 4.74 Å². The molecule has 4 N–H and O–H groups in total. The van der Waals surface area contributed by atoms with E-state index in [1.54, 1.807) is 12.1 Å². The van der Waals surface area contributed by atoms with Gasteiger partial charge in [0.25, 0.3) is 0 Å². The van der Waals surface area contributed by atoms with E-state index in [9.17, 15) is 29.4 Å². The third kappa shape index (κ3) is 3.90. The molecule has 2 heterocycles. The summed E-state index contributed by atoms with van der Waals surface area (Å²) in [5.41, 5.74) is -0.461. The molecule has 12 heteroatoms. The molecule has 0 radical (unpaired) electrons. The van der Waals surface area contributed by atoms with E-state index in [2.05, 4.69) is 9.64 Å². The number of rotatable bonds is 8. The lowest BCUT2D eigenvalue weighted by molar-refractivity contribution is -0.168. The number of benzene rings is 1. The number of phenols is 1. The van der Waals surface area contributed by atoms with Crippen LogP contribution in [-0.2, 0) is 40.5 Å². The van der Waals surface area contributed by atoms with Crippen LogP contribution in [0.15, 0.2) is 24.0 Å². The summed E-state index contributed by atoms with van der Waals surface area (Å²) in [5, 5.41) is 40.6. The Bertz CT molecular complexity index is 1240. The van der Waals surface area contributed by atoms with Crippen LogP contribution in [0.2, 0.25) is 0 Å². The molecule has 2 bridgehead atoms. The second-order valence-electron chi connectivity index (χ2n) is 10.3. The summed E-state index contributed by atoms with van der Waals surface area (Å²) in [7, 11) is 1.97. The number of carboxylic acids is 2. The van der Waals surface area contributed by atoms with Crippen molar-refractivity contribution < 1.29 is 53.8 Å². The minimum Gasteiger partial charge on any atom is -0.504 e. The topological polar surface area (TPSA) is 180 Å². The summed E-state index contributed by atoms with van der Waals surface area (Å²) in [6.07, 6.45) is -0.941. The highest BCUT2D eigenvalue weighted by molar-refractivity contribution is 5.84. The molecule has 1 aromatic carbocycles. The molecule has 1 aromatic rings. The van der Waals surface area contributed by atoms with Gasteiger partial charge in [0.2, 0.25) is 6.10 Å². The van der Waals surface area contributed by atoms with Crippen molar-refractivity contribution in [1.29, 1.82) is 0 Å². The fourth-order valence-electron chi connectivity index (χ4n) is 6.63. The summed E-state index contributed by atoms with van der Waals surface area (Å²) >= 11 is 0. The third-order valence-corrected chi connectivity index (χ3v) is 8.25. The van der Waals surface area contributed by atoms with Gasteiger partial charge in [-0.1, -0.05) is 6.07 Å². The average molecular weight is 532 g/mol. The number of likely N-dealkylation sites (N-methyl/N-ethyl adjacent to an activating group) is 1. The third-order valence-electron chi connectivity index (χ3n) is 8.25. The van der Waals surface area contributed by atoms with Crippen molar-refractivity contribution in [3.05, 3.63) is 35.1 Å². The van der Waals surface area contributed by atoms with Gasteiger partial charge in [-0.25, -0.2) is 4.79 Å². The van der Waals surface area contributed by atoms with Gasteiger partial charge in [0.15, 0.2) is 17.6 Å². The van der Waals surface area contributed by atoms with E-state index in [0.29, 0.717) is 12.8 Å². The normalized spacial score (nSPS) is 29.7. The van der Waals surface area contributed by atoms with Gasteiger partial charge in [-0.3, -0.25) is 14.4 Å². The first-order valence-corrected chi connectivity index (χ1v) is 12.5. The minimum atomic E-state index is -1.87. The van der Waals surface area contributed by atoms with Crippen molar-refractivity contribution in [2.75, 3.05) is 13.6 Å². The summed E-state index contributed by atoms with van der Waals surface area (Å²) in [4.78, 5) is 48.8. The van der Waals surface area contributed by atoms with E-state index < -0.39 is 66.4 Å². The molecule has 5 rings (SSSR count). The smallest absolute Gasteiger partial charge is 0.345 e. The van der Waals surface area contributed by atoms with Gasteiger partial charge in [0.05, 0.1) is 30.3 Å². The molecule has 0 aromatic heterocycles. The Morgan fingerprint density at radius 2 is 1.92 bits per heavy atom. The lowest BCUT2D eigenvalue weighted by Gasteiger charge is -2.56. The SMILES string of the molecule is CN1CCC[C@]23c4c5ccc(O)c4O[C@H]2C(OC(=O)CCC(=O)O[C@@H](CC(=O)O)C(=O)O)=CC[C@@]3(O)[C@H]1C5. The molecule has 1 spiro atoms. The fourth-order valence-corrected chi connectivity index (χ4v) is 6.63. The predicted octanol–water partition coefficient (Wildman–Crippen LogP) is 0.855. The van der Waals surface area contributed by atoms with Gasteiger partial charge in [-0.2, -0.15) is 0 Å². The van der Waals surface area contributed by atoms with Gasteiger partial charge in [0.1, 0.15) is 5.76 Å². The number of aliphatic hydroxyl groups is 1. The van der Waals surface area contributed by atoms with Crippen molar-refractivity contribution >= 4 is 23.9 Å². The number of esters is 2. The zero-order chi connectivity index (χ0) is 27.4. The number of hydrogen-bond acceptors (Lipinski definition) is 10. The van der Waals surface area contributed by atoms with Crippen LogP contribution in [0.1, 0.15) is 49.7 Å². The Balaban J connectivity index is 1.36. The molecule has 0 saturated carbocycles. The van der Waals surface area contributed by atoms with Crippen LogP contribution >= 0.6 is 0 Å². The highest BCUT2D eigenvalue weighted by atomic mass is 16.6. The molecule has 0 unspecified atom stereocenters. The molecule has 0 amide bonds. The number of aromatic hydroxyl groups is 1. The van der Waals surface area contributed by atoms with Crippen LogP contribution in [-0.4, -0.2) is 86.6 Å². The molecule has 5 atom stereocenters. The van der Waals surface area contributed by atoms with Crippen LogP contribution in [0.5, 0.6) is 11.5 Å². The highest BCUT2D eigenvalue weighted by Crippen LogP contribution is 2.64. The van der Waals surface area contributed by atoms with Crippen LogP contribution in [0.25, 0.3) is 0 Å². The summed E-state index contributed by atoms with van der Waals surface area (Å²) in [5.74, 6) is -4.52. The van der Waals surface area contributed by atoms with Crippen molar-refractivity contribution in [2.45, 2.75) is 74.2 Å². The average Bonchev–Trinajstić information content (AvgIpc) is 3.19. The number of hydrogen-bond donors (Lipinski definition) is 4. The van der Waals surface area contributed by atoms with Gasteiger partial charge in [-0.05, 0) is 50.6 Å². The maximum Gasteiger partial charge on any atom is 0.345 e. The predicted molar refractivity (Wildman–Crippen MR) is 126 cm³/mol. The number of ether oxygens (including phenoxy) is 3. The number of aliphatic carboxylic acids is 2. The first kappa shape index (κ1) is 26.0. The van der Waals surface area contributed by atoms with Crippen molar-refractivity contribution in [3.63, 3.8) is 0 Å². The van der Waals surface area contributed by atoms with Gasteiger partial charge < -0.3 is 39.5 Å². The van der Waals surface area contributed by atoms with E-state index >= 15 is 0 Å². The zero-order valence-corrected chi connectivity index (χ0v) is 20.7. The summed E-state index contributed by atoms with van der Waals surface area (Å²) in [6.45, 7) is 0.757. The Labute approximate surface area is 217 Å². The molecule has 12 nitrogen and oxygen atoms in total. The number of likely N-dealkylation sites (tertiary alicyclic amines) is 1. The fraction of sp³-hybridized carbons (Fsp3) is 0.538. The Kier molecular flexibility index (Phi) is 6.35. The molecule has 2 aliphatic heterocycles. The highest BCUT2D eigenvalue weighted by Gasteiger charge is 2.71. The molecular formula is C26H29NO11. The molecule has 38 heavy (non-hydrogen) atoms. The molecule has 1 saturated heterocycles. The number of phenolic OH excluding ortho intramolecular Hbond substituents is 1. The Morgan fingerprint density at radius 1 is 1.18 bits per heavy atom. The molecule has 4 aliphatic rings. The lowest BCUT2D eigenvalue weighted by Crippen LogP contribution is -2.69. The van der Waals surface area contributed by atoms with E-state index in [0.717, 1.165) is 24.1 Å². The zero-order valence-electron chi connectivity index (χ0n) is 20.7. The second kappa shape index (κ2) is 9.28. The number of carbonyl (C=O) groups is 4. The first-order chi connectivity index (χ1) is 18.0. The molecule has 204 valence electrons. The van der Waals surface area contributed by atoms with Gasteiger partial charge in [0, 0.05) is 18.0 Å². The van der Waals surface area contributed by atoms with Crippen molar-refractivity contribution in [1.82, 2.24) is 4.90 Å². The van der Waals surface area contributed by atoms with Crippen molar-refractivity contribution in [2.24, 2.45) is 0 Å². The lowest BCUT2D eigenvalue weighted by atomic mass is 9.52. The van der Waals surface area contributed by atoms with Gasteiger partial charge >= 0.3 is 23.9 Å². The number of carbonyl (C=O) groups excluding carboxylic acids is 2. The van der Waals surface area contributed by atoms with Crippen LogP contribution in [0.3, 0.4) is 0 Å². The largest absolute Gasteiger partial charge is 0.504 e. The minimum absolute atomic E-state index is 0.0614. The standard InChI is InChI=1S/C26H29NO11/c1-27-10-2-8-25-21-13-3-4-14(28)22(21)38-23(25)15(7-9-26(25,35)17(27)11-13)36-19(31)5-6-20(32)37-16(24(33)34)12-18(29)30/h3-4,7,16-17,23,28,35H,2,5-6,8-12H2,1H3,(H,29,30)(H,33,34)/t16-,17+,23-,25-,26+/m0/s1. The van der Waals surface area contributed by atoms with Crippen LogP contribution in [0.4, 0.5) is 0 Å². The summed E-state index contributed by atoms with van der Waals surface area (Å²) < 4.78 is 16.5. The second-order valence-corrected chi connectivity index (χ2v) is 10.3. The van der Waals surface area contributed by atoms with E-state index in [1.807, 2.05) is 13.1 Å². The number of nitrogens with zero attached hydrogens (tertiary/aromatic N) is 1. The van der Waals surface area contributed by atoms with E-state index in [1.165, 1.54) is 0 Å². The van der Waals surface area contributed by atoms with Crippen LogP contribution in [0, 0.1) is 0 Å². The van der Waals surface area contributed by atoms with E-state index in [4.69, 9.17) is 19.7 Å². The molecule has 1 fully saturated rings. The first-order valence-electron chi connectivity index (χ1n) is 12.5. The monoisotopic (exact) mass is 531 g/mol.